The number of aromatic nitrogens is 1. The first-order valence-corrected chi connectivity index (χ1v) is 6.83. The van der Waals surface area contributed by atoms with Crippen molar-refractivity contribution in [1.29, 1.82) is 0 Å². The third-order valence-corrected chi connectivity index (χ3v) is 3.43. The van der Waals surface area contributed by atoms with Gasteiger partial charge in [0.05, 0.1) is 0 Å². The number of aromatic amines is 1. The van der Waals surface area contributed by atoms with E-state index in [1.165, 1.54) is 23.5 Å². The first kappa shape index (κ1) is 14.6. The minimum Gasteiger partial charge on any atom is -0.435 e. The maximum Gasteiger partial charge on any atom is 0.387 e. The van der Waals surface area contributed by atoms with E-state index in [4.69, 9.17) is 12.2 Å². The molecular weight excluding hydrogens is 306 g/mol. The van der Waals surface area contributed by atoms with Crippen molar-refractivity contribution in [3.05, 3.63) is 44.9 Å². The van der Waals surface area contributed by atoms with Gasteiger partial charge >= 0.3 is 6.61 Å². The second-order valence-corrected chi connectivity index (χ2v) is 5.31. The highest BCUT2D eigenvalue weighted by Gasteiger charge is 2.07. The summed E-state index contributed by atoms with van der Waals surface area (Å²) in [6.07, 6.45) is 0. The van der Waals surface area contributed by atoms with E-state index in [1.54, 1.807) is 17.5 Å². The molecule has 2 aromatic rings. The van der Waals surface area contributed by atoms with E-state index in [1.807, 2.05) is 0 Å². The molecule has 0 bridgehead atoms. The van der Waals surface area contributed by atoms with Crippen LogP contribution in [0, 0.1) is 3.95 Å². The number of hydrogen-bond donors (Lipinski definition) is 2. The number of ether oxygens (including phenoxy) is 1. The van der Waals surface area contributed by atoms with Crippen molar-refractivity contribution in [3.63, 3.8) is 0 Å². The number of rotatable bonds is 5. The Morgan fingerprint density at radius 2 is 2.10 bits per heavy atom. The molecule has 0 saturated carbocycles. The fourth-order valence-corrected chi connectivity index (χ4v) is 2.27. The van der Waals surface area contributed by atoms with Gasteiger partial charge in [0.25, 0.3) is 5.91 Å². The molecule has 0 aliphatic carbocycles. The normalized spacial score (nSPS) is 10.6. The Hall–Kier alpha value is -1.80. The van der Waals surface area contributed by atoms with Gasteiger partial charge in [-0.05, 0) is 29.9 Å². The van der Waals surface area contributed by atoms with Crippen LogP contribution in [0.1, 0.15) is 16.1 Å². The van der Waals surface area contributed by atoms with Gasteiger partial charge in [-0.25, -0.2) is 0 Å². The van der Waals surface area contributed by atoms with Crippen LogP contribution >= 0.6 is 23.6 Å². The number of carbonyl (C=O) groups excluding carboxylic acids is 1. The third-order valence-electron chi connectivity index (χ3n) is 2.37. The number of amides is 1. The number of alkyl halides is 2. The molecule has 8 heteroatoms. The van der Waals surface area contributed by atoms with Crippen molar-refractivity contribution in [1.82, 2.24) is 10.3 Å². The van der Waals surface area contributed by atoms with Crippen molar-refractivity contribution in [3.8, 4) is 5.75 Å². The number of H-pyrrole nitrogens is 1. The lowest BCUT2D eigenvalue weighted by Gasteiger charge is -2.06. The van der Waals surface area contributed by atoms with E-state index in [0.29, 0.717) is 9.65 Å². The largest absolute Gasteiger partial charge is 0.435 e. The number of halogens is 2. The highest BCUT2D eigenvalue weighted by molar-refractivity contribution is 7.73. The average molecular weight is 316 g/mol. The van der Waals surface area contributed by atoms with E-state index >= 15 is 0 Å². The summed E-state index contributed by atoms with van der Waals surface area (Å²) < 4.78 is 28.7. The predicted octanol–water partition coefficient (Wildman–Crippen LogP) is 3.34. The number of carbonyl (C=O) groups is 1. The highest BCUT2D eigenvalue weighted by Crippen LogP contribution is 2.14. The van der Waals surface area contributed by atoms with Gasteiger partial charge in [-0.2, -0.15) is 8.78 Å². The summed E-state index contributed by atoms with van der Waals surface area (Å²) in [4.78, 5) is 14.5. The fraction of sp³-hybridized carbons (Fsp3) is 0.167. The molecule has 0 saturated heterocycles. The molecule has 20 heavy (non-hydrogen) atoms. The summed E-state index contributed by atoms with van der Waals surface area (Å²) >= 11 is 6.16. The van der Waals surface area contributed by atoms with Crippen molar-refractivity contribution in [2.24, 2.45) is 0 Å². The van der Waals surface area contributed by atoms with Crippen LogP contribution < -0.4 is 10.1 Å². The third kappa shape index (κ3) is 4.10. The van der Waals surface area contributed by atoms with E-state index in [-0.39, 0.29) is 18.2 Å². The highest BCUT2D eigenvalue weighted by atomic mass is 32.1. The molecule has 106 valence electrons. The minimum atomic E-state index is -2.85. The molecule has 2 rings (SSSR count). The van der Waals surface area contributed by atoms with Gasteiger partial charge < -0.3 is 15.0 Å². The number of thiazole rings is 1. The minimum absolute atomic E-state index is 0.0805. The molecule has 1 heterocycles. The summed E-state index contributed by atoms with van der Waals surface area (Å²) in [5, 5.41) is 4.33. The number of nitrogens with one attached hydrogen (secondary N) is 2. The SMILES string of the molecule is O=C(NCc1ccc(OC(F)F)cc1)c1csc(=S)[nH]1. The Bertz CT molecular complexity index is 637. The van der Waals surface area contributed by atoms with Crippen LogP contribution in [-0.4, -0.2) is 17.5 Å². The molecule has 0 atom stereocenters. The van der Waals surface area contributed by atoms with Gasteiger partial charge in [0.1, 0.15) is 11.4 Å². The smallest absolute Gasteiger partial charge is 0.387 e. The van der Waals surface area contributed by atoms with Gasteiger partial charge in [-0.1, -0.05) is 12.1 Å². The van der Waals surface area contributed by atoms with Crippen LogP contribution in [0.4, 0.5) is 8.78 Å². The van der Waals surface area contributed by atoms with Gasteiger partial charge in [-0.15, -0.1) is 11.3 Å². The number of hydrogen-bond acceptors (Lipinski definition) is 4. The van der Waals surface area contributed by atoms with E-state index in [9.17, 15) is 13.6 Å². The van der Waals surface area contributed by atoms with Crippen LogP contribution in [0.15, 0.2) is 29.6 Å². The quantitative estimate of drug-likeness (QED) is 0.832. The first-order valence-electron chi connectivity index (χ1n) is 5.54. The lowest BCUT2D eigenvalue weighted by atomic mass is 10.2. The van der Waals surface area contributed by atoms with Crippen LogP contribution in [-0.2, 0) is 6.54 Å². The zero-order valence-electron chi connectivity index (χ0n) is 10.1. The predicted molar refractivity (Wildman–Crippen MR) is 73.7 cm³/mol. The topological polar surface area (TPSA) is 54.1 Å². The van der Waals surface area contributed by atoms with E-state index in [0.717, 1.165) is 5.56 Å². The van der Waals surface area contributed by atoms with Crippen molar-refractivity contribution < 1.29 is 18.3 Å². The molecule has 0 aliphatic rings. The molecule has 2 N–H and O–H groups in total. The van der Waals surface area contributed by atoms with Crippen molar-refractivity contribution >= 4 is 29.5 Å². The molecule has 0 aliphatic heterocycles. The first-order chi connectivity index (χ1) is 9.54. The summed E-state index contributed by atoms with van der Waals surface area (Å²) in [5.74, 6) is -0.192. The van der Waals surface area contributed by atoms with Crippen LogP contribution in [0.5, 0.6) is 5.75 Å². The Morgan fingerprint density at radius 3 is 2.65 bits per heavy atom. The summed E-state index contributed by atoms with van der Waals surface area (Å²) in [7, 11) is 0. The lowest BCUT2D eigenvalue weighted by Crippen LogP contribution is -2.23. The monoisotopic (exact) mass is 316 g/mol. The standard InChI is InChI=1S/C12H10F2N2O2S2/c13-11(14)18-8-3-1-7(2-4-8)5-15-10(17)9-6-20-12(19)16-9/h1-4,6,11H,5H2,(H,15,17)(H,16,19). The zero-order valence-corrected chi connectivity index (χ0v) is 11.7. The molecule has 4 nitrogen and oxygen atoms in total. The van der Waals surface area contributed by atoms with Gasteiger partial charge in [0.15, 0.2) is 3.95 Å². The van der Waals surface area contributed by atoms with Gasteiger partial charge in [0, 0.05) is 11.9 Å². The molecule has 0 spiro atoms. The Labute approximate surface area is 122 Å². The summed E-state index contributed by atoms with van der Waals surface area (Å²) in [6.45, 7) is -2.56. The average Bonchev–Trinajstić information content (AvgIpc) is 2.84. The Morgan fingerprint density at radius 1 is 1.40 bits per heavy atom. The molecule has 1 aromatic carbocycles. The second-order valence-electron chi connectivity index (χ2n) is 3.77. The molecule has 0 radical (unpaired) electrons. The van der Waals surface area contributed by atoms with Crippen LogP contribution in [0.25, 0.3) is 0 Å². The van der Waals surface area contributed by atoms with Crippen LogP contribution in [0.2, 0.25) is 0 Å². The Balaban J connectivity index is 1.90. The lowest BCUT2D eigenvalue weighted by molar-refractivity contribution is -0.0498. The van der Waals surface area contributed by atoms with Crippen molar-refractivity contribution in [2.75, 3.05) is 0 Å². The summed E-state index contributed by atoms with van der Waals surface area (Å²) in [5.41, 5.74) is 1.17. The van der Waals surface area contributed by atoms with E-state index in [2.05, 4.69) is 15.0 Å². The van der Waals surface area contributed by atoms with Gasteiger partial charge in [-0.3, -0.25) is 4.79 Å². The fourth-order valence-electron chi connectivity index (χ4n) is 1.46. The Kier molecular flexibility index (Phi) is 4.80. The van der Waals surface area contributed by atoms with E-state index < -0.39 is 6.61 Å². The van der Waals surface area contributed by atoms with Gasteiger partial charge in [0.2, 0.25) is 0 Å². The molecular formula is C12H10F2N2O2S2. The molecule has 0 unspecified atom stereocenters. The molecule has 1 amide bonds. The summed E-state index contributed by atoms with van der Waals surface area (Å²) in [6, 6.07) is 6.05. The molecule has 0 fully saturated rings. The van der Waals surface area contributed by atoms with Crippen molar-refractivity contribution in [2.45, 2.75) is 13.2 Å². The number of benzene rings is 1. The zero-order chi connectivity index (χ0) is 14.5. The maximum absolute atomic E-state index is 12.0. The maximum atomic E-state index is 12.0. The van der Waals surface area contributed by atoms with Crippen LogP contribution in [0.3, 0.4) is 0 Å². The second kappa shape index (κ2) is 6.58. The molecule has 1 aromatic heterocycles.